The molecule has 0 aromatic carbocycles. The number of nitrogens with zero attached hydrogens (tertiary/aromatic N) is 3. The molecular weight excluding hydrogens is 240 g/mol. The maximum absolute atomic E-state index is 9.67. The van der Waals surface area contributed by atoms with Gasteiger partial charge in [-0.15, -0.1) is 10.2 Å². The van der Waals surface area contributed by atoms with Crippen molar-refractivity contribution in [2.75, 3.05) is 23.7 Å². The van der Waals surface area contributed by atoms with E-state index in [9.17, 15) is 10.2 Å². The van der Waals surface area contributed by atoms with Crippen LogP contribution in [-0.2, 0) is 0 Å². The molecule has 0 amide bonds. The maximum Gasteiger partial charge on any atom is 0.210 e. The minimum Gasteiger partial charge on any atom is -0.390 e. The number of fused-ring (bicyclic) bond motifs is 1. The van der Waals surface area contributed by atoms with Crippen LogP contribution in [0.25, 0.3) is 0 Å². The van der Waals surface area contributed by atoms with Crippen LogP contribution in [0.15, 0.2) is 0 Å². The molecule has 0 bridgehead atoms. The number of aromatic nitrogens is 2. The molecule has 0 unspecified atom stereocenters. The number of nitrogen functional groups attached to an aromatic ring is 1. The lowest BCUT2D eigenvalue weighted by molar-refractivity contribution is -0.0372. The van der Waals surface area contributed by atoms with Gasteiger partial charge in [0.2, 0.25) is 10.3 Å². The second kappa shape index (κ2) is 4.08. The predicted octanol–water partition coefficient (Wildman–Crippen LogP) is -0.312. The van der Waals surface area contributed by atoms with E-state index < -0.39 is 12.2 Å². The summed E-state index contributed by atoms with van der Waals surface area (Å²) in [5.74, 6) is 0.886. The Morgan fingerprint density at radius 3 is 2.18 bits per heavy atom. The Balaban J connectivity index is 1.73. The second-order valence-corrected chi connectivity index (χ2v) is 5.94. The molecular formula is C10H16N4O2S. The van der Waals surface area contributed by atoms with Gasteiger partial charge < -0.3 is 20.8 Å². The molecule has 6 nitrogen and oxygen atoms in total. The van der Waals surface area contributed by atoms with E-state index in [-0.39, 0.29) is 0 Å². The van der Waals surface area contributed by atoms with Crippen molar-refractivity contribution in [2.24, 2.45) is 11.8 Å². The summed E-state index contributed by atoms with van der Waals surface area (Å²) in [5.41, 5.74) is 5.58. The Hall–Kier alpha value is -0.920. The molecule has 94 valence electrons. The SMILES string of the molecule is Nc1nnc(N2C[C@H]3C[C@H](O)[C@H](O)C[C@H]3C2)s1. The smallest absolute Gasteiger partial charge is 0.210 e. The zero-order valence-corrected chi connectivity index (χ0v) is 10.2. The highest BCUT2D eigenvalue weighted by molar-refractivity contribution is 7.18. The van der Waals surface area contributed by atoms with E-state index in [0.717, 1.165) is 18.2 Å². The third-order valence-corrected chi connectivity index (χ3v) is 4.62. The van der Waals surface area contributed by atoms with E-state index in [0.29, 0.717) is 29.8 Å². The first kappa shape index (κ1) is 11.2. The zero-order valence-electron chi connectivity index (χ0n) is 9.36. The van der Waals surface area contributed by atoms with Crippen LogP contribution in [0.4, 0.5) is 10.3 Å². The lowest BCUT2D eigenvalue weighted by Crippen LogP contribution is -2.38. The molecule has 2 fully saturated rings. The lowest BCUT2D eigenvalue weighted by Gasteiger charge is -2.31. The normalized spacial score (nSPS) is 37.2. The van der Waals surface area contributed by atoms with Crippen LogP contribution in [-0.4, -0.2) is 45.7 Å². The van der Waals surface area contributed by atoms with E-state index in [4.69, 9.17) is 5.73 Å². The van der Waals surface area contributed by atoms with E-state index >= 15 is 0 Å². The molecule has 1 saturated heterocycles. The lowest BCUT2D eigenvalue weighted by atomic mass is 9.79. The molecule has 17 heavy (non-hydrogen) atoms. The van der Waals surface area contributed by atoms with E-state index in [1.165, 1.54) is 11.3 Å². The molecule has 2 aliphatic rings. The van der Waals surface area contributed by atoms with Gasteiger partial charge in [0.1, 0.15) is 0 Å². The number of hydrogen-bond acceptors (Lipinski definition) is 7. The van der Waals surface area contributed by atoms with Gasteiger partial charge in [-0.05, 0) is 24.7 Å². The first-order valence-corrected chi connectivity index (χ1v) is 6.65. The van der Waals surface area contributed by atoms with Gasteiger partial charge in [-0.25, -0.2) is 0 Å². The molecule has 7 heteroatoms. The Bertz CT molecular complexity index is 395. The van der Waals surface area contributed by atoms with Crippen molar-refractivity contribution in [3.05, 3.63) is 0 Å². The van der Waals surface area contributed by atoms with Crippen LogP contribution < -0.4 is 10.6 Å². The van der Waals surface area contributed by atoms with E-state index in [1.54, 1.807) is 0 Å². The molecule has 0 spiro atoms. The summed E-state index contributed by atoms with van der Waals surface area (Å²) in [6.07, 6.45) is 0.208. The quantitative estimate of drug-likeness (QED) is 0.638. The molecule has 4 N–H and O–H groups in total. The second-order valence-electron chi connectivity index (χ2n) is 4.95. The number of aliphatic hydroxyl groups excluding tert-OH is 2. The highest BCUT2D eigenvalue weighted by Gasteiger charge is 2.41. The standard InChI is InChI=1S/C10H16N4O2S/c11-9-12-13-10(17-9)14-3-5-1-7(15)8(16)2-6(5)4-14/h5-8,15-16H,1-4H2,(H2,11,12)/t5-,6+,7+,8-. The average molecular weight is 256 g/mol. The van der Waals surface area contributed by atoms with E-state index in [1.807, 2.05) is 0 Å². The molecule has 1 saturated carbocycles. The van der Waals surface area contributed by atoms with Crippen molar-refractivity contribution in [1.82, 2.24) is 10.2 Å². The van der Waals surface area contributed by atoms with E-state index in [2.05, 4.69) is 15.1 Å². The number of nitrogens with two attached hydrogens (primary N) is 1. The fourth-order valence-corrected chi connectivity index (χ4v) is 3.55. The summed E-state index contributed by atoms with van der Waals surface area (Å²) in [7, 11) is 0. The highest BCUT2D eigenvalue weighted by atomic mass is 32.1. The van der Waals surface area contributed by atoms with Crippen molar-refractivity contribution in [1.29, 1.82) is 0 Å². The highest BCUT2D eigenvalue weighted by Crippen LogP contribution is 2.39. The first-order chi connectivity index (χ1) is 8.13. The van der Waals surface area contributed by atoms with Gasteiger partial charge in [0.15, 0.2) is 0 Å². The van der Waals surface area contributed by atoms with Gasteiger partial charge in [-0.2, -0.15) is 0 Å². The largest absolute Gasteiger partial charge is 0.390 e. The Morgan fingerprint density at radius 1 is 1.12 bits per heavy atom. The summed E-state index contributed by atoms with van der Waals surface area (Å²) in [4.78, 5) is 2.16. The number of aliphatic hydroxyl groups is 2. The van der Waals surface area contributed by atoms with Gasteiger partial charge in [0.05, 0.1) is 12.2 Å². The Kier molecular flexibility index (Phi) is 2.68. The molecule has 0 radical (unpaired) electrons. The number of anilines is 2. The van der Waals surface area contributed by atoms with Crippen LogP contribution >= 0.6 is 11.3 Å². The number of rotatable bonds is 1. The molecule has 2 heterocycles. The van der Waals surface area contributed by atoms with Crippen molar-refractivity contribution < 1.29 is 10.2 Å². The van der Waals surface area contributed by atoms with Crippen molar-refractivity contribution in [3.8, 4) is 0 Å². The van der Waals surface area contributed by atoms with Gasteiger partial charge in [0.25, 0.3) is 0 Å². The van der Waals surface area contributed by atoms with Crippen molar-refractivity contribution in [3.63, 3.8) is 0 Å². The van der Waals surface area contributed by atoms with Crippen LogP contribution in [0, 0.1) is 11.8 Å². The molecule has 1 aliphatic carbocycles. The van der Waals surface area contributed by atoms with Gasteiger partial charge in [0, 0.05) is 13.1 Å². The monoisotopic (exact) mass is 256 g/mol. The summed E-state index contributed by atoms with van der Waals surface area (Å²) in [5, 5.41) is 28.5. The minimum absolute atomic E-state index is 0.443. The van der Waals surface area contributed by atoms with Crippen molar-refractivity contribution in [2.45, 2.75) is 25.0 Å². The zero-order chi connectivity index (χ0) is 12.0. The average Bonchev–Trinajstić information content (AvgIpc) is 2.85. The van der Waals surface area contributed by atoms with Crippen LogP contribution in [0.2, 0.25) is 0 Å². The fraction of sp³-hybridized carbons (Fsp3) is 0.800. The van der Waals surface area contributed by atoms with Crippen molar-refractivity contribution >= 4 is 21.6 Å². The van der Waals surface area contributed by atoms with Crippen LogP contribution in [0.3, 0.4) is 0 Å². The molecule has 4 atom stereocenters. The summed E-state index contributed by atoms with van der Waals surface area (Å²) < 4.78 is 0. The van der Waals surface area contributed by atoms with Gasteiger partial charge in [-0.3, -0.25) is 0 Å². The van der Waals surface area contributed by atoms with Gasteiger partial charge >= 0.3 is 0 Å². The number of hydrogen-bond donors (Lipinski definition) is 3. The summed E-state index contributed by atoms with van der Waals surface area (Å²) >= 11 is 1.39. The Labute approximate surface area is 103 Å². The molecule has 1 aliphatic heterocycles. The summed E-state index contributed by atoms with van der Waals surface area (Å²) in [6.45, 7) is 1.76. The third-order valence-electron chi connectivity index (χ3n) is 3.81. The topological polar surface area (TPSA) is 95.5 Å². The molecule has 1 aromatic rings. The van der Waals surface area contributed by atoms with Crippen LogP contribution in [0.5, 0.6) is 0 Å². The third kappa shape index (κ3) is 1.98. The van der Waals surface area contributed by atoms with Gasteiger partial charge in [-0.1, -0.05) is 11.3 Å². The fourth-order valence-electron chi connectivity index (χ4n) is 2.92. The minimum atomic E-state index is -0.573. The van der Waals surface area contributed by atoms with Crippen LogP contribution in [0.1, 0.15) is 12.8 Å². The molecule has 3 rings (SSSR count). The summed E-state index contributed by atoms with van der Waals surface area (Å²) in [6, 6.07) is 0. The maximum atomic E-state index is 9.67. The molecule has 1 aromatic heterocycles. The predicted molar refractivity (Wildman–Crippen MR) is 64.8 cm³/mol. The Morgan fingerprint density at radius 2 is 1.71 bits per heavy atom. The first-order valence-electron chi connectivity index (χ1n) is 5.83.